The zero-order valence-electron chi connectivity index (χ0n) is 16.3. The van der Waals surface area contributed by atoms with E-state index in [0.29, 0.717) is 18.4 Å². The van der Waals surface area contributed by atoms with Crippen molar-refractivity contribution in [3.8, 4) is 5.75 Å². The molecule has 28 heavy (non-hydrogen) atoms. The Morgan fingerprint density at radius 2 is 1.89 bits per heavy atom. The molecule has 2 bridgehead atoms. The van der Waals surface area contributed by atoms with E-state index in [1.54, 1.807) is 13.1 Å². The lowest BCUT2D eigenvalue weighted by atomic mass is 9.67. The first kappa shape index (κ1) is 20.3. The largest absolute Gasteiger partial charge is 0.494 e. The van der Waals surface area contributed by atoms with Crippen molar-refractivity contribution < 1.29 is 28.2 Å². The van der Waals surface area contributed by atoms with E-state index >= 15 is 0 Å². The second-order valence-corrected chi connectivity index (χ2v) is 7.72. The number of Topliss-reactive ketones (excluding diaryl/α,β-unsaturated/α-hetero) is 1. The summed E-state index contributed by atoms with van der Waals surface area (Å²) in [5, 5.41) is 0. The first-order valence-corrected chi connectivity index (χ1v) is 9.65. The molecule has 6 nitrogen and oxygen atoms in total. The second-order valence-electron chi connectivity index (χ2n) is 7.72. The Bertz CT molecular complexity index is 749. The van der Waals surface area contributed by atoms with Crippen molar-refractivity contribution in [2.24, 2.45) is 17.8 Å². The van der Waals surface area contributed by atoms with Crippen LogP contribution in [0.25, 0.3) is 0 Å². The van der Waals surface area contributed by atoms with Gasteiger partial charge in [-0.15, -0.1) is 0 Å². The molecule has 2 aliphatic rings. The van der Waals surface area contributed by atoms with Crippen molar-refractivity contribution in [1.82, 2.24) is 4.90 Å². The normalized spacial score (nSPS) is 23.8. The third kappa shape index (κ3) is 4.51. The minimum atomic E-state index is -0.496. The minimum absolute atomic E-state index is 0.0339. The Kier molecular flexibility index (Phi) is 6.31. The first-order valence-electron chi connectivity index (χ1n) is 9.65. The van der Waals surface area contributed by atoms with E-state index in [-0.39, 0.29) is 48.3 Å². The Morgan fingerprint density at radius 1 is 1.21 bits per heavy atom. The maximum absolute atomic E-state index is 13.8. The fourth-order valence-electron chi connectivity index (χ4n) is 4.20. The molecule has 0 heterocycles. The molecule has 0 N–H and O–H groups in total. The molecule has 7 heteroatoms. The molecule has 0 aliphatic heterocycles. The number of rotatable bonds is 6. The van der Waals surface area contributed by atoms with Gasteiger partial charge in [-0.1, -0.05) is 12.5 Å². The van der Waals surface area contributed by atoms with Crippen LogP contribution in [0.2, 0.25) is 0 Å². The number of benzene rings is 1. The van der Waals surface area contributed by atoms with Gasteiger partial charge in [0, 0.05) is 25.4 Å². The predicted molar refractivity (Wildman–Crippen MR) is 98.9 cm³/mol. The fraction of sp³-hybridized carbons (Fsp3) is 0.571. The summed E-state index contributed by atoms with van der Waals surface area (Å²) in [5.41, 5.74) is 0.610. The molecule has 0 aromatic heterocycles. The van der Waals surface area contributed by atoms with Crippen LogP contribution in [-0.2, 0) is 25.7 Å². The highest BCUT2D eigenvalue weighted by Gasteiger charge is 2.41. The van der Waals surface area contributed by atoms with Gasteiger partial charge < -0.3 is 14.4 Å². The van der Waals surface area contributed by atoms with Gasteiger partial charge in [-0.2, -0.15) is 0 Å². The molecule has 0 spiro atoms. The summed E-state index contributed by atoms with van der Waals surface area (Å²) in [6, 6.07) is 4.49. The van der Waals surface area contributed by atoms with Crippen molar-refractivity contribution in [2.75, 3.05) is 20.8 Å². The topological polar surface area (TPSA) is 72.9 Å². The molecule has 2 fully saturated rings. The Hall–Kier alpha value is -2.44. The first-order chi connectivity index (χ1) is 13.4. The molecule has 2 aliphatic carbocycles. The number of esters is 1. The molecule has 2 saturated carbocycles. The Labute approximate surface area is 164 Å². The van der Waals surface area contributed by atoms with Gasteiger partial charge in [0.2, 0.25) is 0 Å². The summed E-state index contributed by atoms with van der Waals surface area (Å²) in [7, 11) is 2.96. The Morgan fingerprint density at radius 3 is 2.50 bits per heavy atom. The highest BCUT2D eigenvalue weighted by Crippen LogP contribution is 2.40. The molecule has 152 valence electrons. The lowest BCUT2D eigenvalue weighted by Gasteiger charge is -2.36. The molecule has 0 radical (unpaired) electrons. The predicted octanol–water partition coefficient (Wildman–Crippen LogP) is 2.73. The van der Waals surface area contributed by atoms with E-state index in [4.69, 9.17) is 9.47 Å². The van der Waals surface area contributed by atoms with Crippen LogP contribution in [0.15, 0.2) is 18.2 Å². The van der Waals surface area contributed by atoms with Crippen LogP contribution in [0.5, 0.6) is 5.75 Å². The number of fused-ring (bicyclic) bond motifs is 2. The summed E-state index contributed by atoms with van der Waals surface area (Å²) in [6.07, 6.45) is 3.79. The number of amides is 1. The van der Waals surface area contributed by atoms with Gasteiger partial charge in [-0.25, -0.2) is 4.39 Å². The lowest BCUT2D eigenvalue weighted by Crippen LogP contribution is -2.40. The van der Waals surface area contributed by atoms with Crippen molar-refractivity contribution >= 4 is 17.7 Å². The van der Waals surface area contributed by atoms with Crippen LogP contribution in [0.4, 0.5) is 4.39 Å². The van der Waals surface area contributed by atoms with E-state index in [9.17, 15) is 18.8 Å². The van der Waals surface area contributed by atoms with Crippen LogP contribution in [0.3, 0.4) is 0 Å². The molecule has 3 rings (SSSR count). The number of hydrogen-bond acceptors (Lipinski definition) is 5. The molecule has 1 aromatic carbocycles. The summed E-state index contributed by atoms with van der Waals surface area (Å²) >= 11 is 0. The van der Waals surface area contributed by atoms with E-state index in [2.05, 4.69) is 0 Å². The molecule has 1 amide bonds. The van der Waals surface area contributed by atoms with Gasteiger partial charge in [0.15, 0.2) is 18.2 Å². The van der Waals surface area contributed by atoms with Gasteiger partial charge in [0.1, 0.15) is 5.78 Å². The number of ketones is 1. The highest BCUT2D eigenvalue weighted by molar-refractivity contribution is 5.88. The number of nitrogens with zero attached hydrogens (tertiary/aromatic N) is 1. The van der Waals surface area contributed by atoms with Crippen LogP contribution >= 0.6 is 0 Å². The molecule has 1 aromatic rings. The average Bonchev–Trinajstić information content (AvgIpc) is 2.65. The van der Waals surface area contributed by atoms with E-state index in [0.717, 1.165) is 19.3 Å². The van der Waals surface area contributed by atoms with E-state index in [1.807, 2.05) is 0 Å². The lowest BCUT2D eigenvalue weighted by molar-refractivity contribution is -0.158. The molecule has 2 atom stereocenters. The zero-order valence-corrected chi connectivity index (χ0v) is 16.3. The zero-order chi connectivity index (χ0) is 20.3. The third-order valence-electron chi connectivity index (χ3n) is 5.78. The van der Waals surface area contributed by atoms with Crippen molar-refractivity contribution in [2.45, 2.75) is 38.6 Å². The summed E-state index contributed by atoms with van der Waals surface area (Å²) in [4.78, 5) is 38.1. The average molecular weight is 391 g/mol. The maximum atomic E-state index is 13.8. The van der Waals surface area contributed by atoms with Crippen LogP contribution < -0.4 is 4.74 Å². The summed E-state index contributed by atoms with van der Waals surface area (Å²) in [5.74, 6) is -1.20. The quantitative estimate of drug-likeness (QED) is 0.697. The van der Waals surface area contributed by atoms with Gasteiger partial charge in [0.25, 0.3) is 5.91 Å². The second kappa shape index (κ2) is 8.71. The van der Waals surface area contributed by atoms with Gasteiger partial charge in [-0.05, 0) is 43.4 Å². The molecule has 2 unspecified atom stereocenters. The van der Waals surface area contributed by atoms with Gasteiger partial charge >= 0.3 is 5.97 Å². The number of hydrogen-bond donors (Lipinski definition) is 0. The number of carbonyl (C=O) groups is 3. The third-order valence-corrected chi connectivity index (χ3v) is 5.78. The van der Waals surface area contributed by atoms with Crippen molar-refractivity contribution in [3.05, 3.63) is 29.6 Å². The SMILES string of the molecule is COc1ccc(CN(C)C(=O)COC(=O)C2CC3CCCC(C2)C3=O)cc1F. The smallest absolute Gasteiger partial charge is 0.309 e. The van der Waals surface area contributed by atoms with Crippen molar-refractivity contribution in [3.63, 3.8) is 0 Å². The van der Waals surface area contributed by atoms with Crippen LogP contribution in [-0.4, -0.2) is 43.3 Å². The standard InChI is InChI=1S/C21H26FNO5/c1-23(11-13-6-7-18(27-2)17(22)8-13)19(24)12-28-21(26)16-9-14-4-3-5-15(10-16)20(14)25/h6-8,14-16H,3-5,9-12H2,1-2H3. The number of ether oxygens (including phenoxy) is 2. The molecule has 0 saturated heterocycles. The summed E-state index contributed by atoms with van der Waals surface area (Å²) < 4.78 is 23.9. The summed E-state index contributed by atoms with van der Waals surface area (Å²) in [6.45, 7) is -0.160. The minimum Gasteiger partial charge on any atom is -0.494 e. The maximum Gasteiger partial charge on any atom is 0.309 e. The monoisotopic (exact) mass is 391 g/mol. The van der Waals surface area contributed by atoms with E-state index < -0.39 is 11.8 Å². The molecular formula is C21H26FNO5. The number of methoxy groups -OCH3 is 1. The van der Waals surface area contributed by atoms with E-state index in [1.165, 1.54) is 24.1 Å². The van der Waals surface area contributed by atoms with Crippen LogP contribution in [0, 0.1) is 23.6 Å². The number of likely N-dealkylation sites (N-methyl/N-ethyl adjacent to an activating group) is 1. The van der Waals surface area contributed by atoms with Gasteiger partial charge in [0.05, 0.1) is 13.0 Å². The molecular weight excluding hydrogens is 365 g/mol. The van der Waals surface area contributed by atoms with Gasteiger partial charge in [-0.3, -0.25) is 14.4 Å². The fourth-order valence-corrected chi connectivity index (χ4v) is 4.20. The van der Waals surface area contributed by atoms with Crippen LogP contribution in [0.1, 0.15) is 37.7 Å². The Balaban J connectivity index is 1.48. The number of halogens is 1. The number of carbonyl (C=O) groups excluding carboxylic acids is 3. The highest BCUT2D eigenvalue weighted by atomic mass is 19.1. The van der Waals surface area contributed by atoms with Crippen molar-refractivity contribution in [1.29, 1.82) is 0 Å².